The van der Waals surface area contributed by atoms with Crippen molar-refractivity contribution in [1.82, 2.24) is 5.32 Å². The Kier molecular flexibility index (Phi) is 4.68. The highest BCUT2D eigenvalue weighted by Crippen LogP contribution is 2.21. The van der Waals surface area contributed by atoms with E-state index in [1.807, 2.05) is 0 Å². The number of carboxylic acid groups (broad SMARTS) is 1. The van der Waals surface area contributed by atoms with Gasteiger partial charge in [0.1, 0.15) is 11.9 Å². The van der Waals surface area contributed by atoms with Crippen LogP contribution in [0.25, 0.3) is 0 Å². The van der Waals surface area contributed by atoms with Crippen molar-refractivity contribution in [2.24, 2.45) is 5.41 Å². The van der Waals surface area contributed by atoms with Crippen molar-refractivity contribution in [3.05, 3.63) is 34.1 Å². The highest BCUT2D eigenvalue weighted by molar-refractivity contribution is 9.10. The number of nitrogens with one attached hydrogen (secondary N) is 1. The molecule has 19 heavy (non-hydrogen) atoms. The molecule has 1 aromatic rings. The Bertz CT molecular complexity index is 511. The van der Waals surface area contributed by atoms with Crippen molar-refractivity contribution in [1.29, 1.82) is 0 Å². The lowest BCUT2D eigenvalue weighted by atomic mass is 9.86. The molecule has 0 aliphatic heterocycles. The summed E-state index contributed by atoms with van der Waals surface area (Å²) < 4.78 is 13.2. The van der Waals surface area contributed by atoms with Gasteiger partial charge in [-0.05, 0) is 39.5 Å². The van der Waals surface area contributed by atoms with Gasteiger partial charge < -0.3 is 10.4 Å². The molecule has 0 aliphatic rings. The molecule has 4 nitrogen and oxygen atoms in total. The first-order valence-corrected chi connectivity index (χ1v) is 6.41. The number of rotatable bonds is 3. The maximum atomic E-state index is 13.1. The van der Waals surface area contributed by atoms with Crippen LogP contribution >= 0.6 is 15.9 Å². The number of aliphatic carboxylic acids is 1. The Labute approximate surface area is 119 Å². The normalized spacial score (nSPS) is 12.9. The molecule has 0 bridgehead atoms. The van der Waals surface area contributed by atoms with Crippen LogP contribution in [0.4, 0.5) is 4.39 Å². The second-order valence-corrected chi connectivity index (χ2v) is 6.09. The molecule has 0 fully saturated rings. The van der Waals surface area contributed by atoms with E-state index in [4.69, 9.17) is 5.11 Å². The van der Waals surface area contributed by atoms with Crippen LogP contribution in [0.15, 0.2) is 22.7 Å². The molecule has 1 rings (SSSR count). The minimum absolute atomic E-state index is 0.155. The van der Waals surface area contributed by atoms with Crippen LogP contribution in [0.2, 0.25) is 0 Å². The van der Waals surface area contributed by atoms with Gasteiger partial charge in [0.2, 0.25) is 0 Å². The second kappa shape index (κ2) is 5.69. The lowest BCUT2D eigenvalue weighted by molar-refractivity contribution is -0.142. The fourth-order valence-corrected chi connectivity index (χ4v) is 1.88. The molecule has 0 saturated carbocycles. The number of hydrogen-bond acceptors (Lipinski definition) is 2. The van der Waals surface area contributed by atoms with E-state index in [1.165, 1.54) is 12.1 Å². The van der Waals surface area contributed by atoms with Crippen LogP contribution in [0.5, 0.6) is 0 Å². The molecular formula is C13H15BrFNO3. The van der Waals surface area contributed by atoms with E-state index in [0.29, 0.717) is 0 Å². The number of hydrogen-bond donors (Lipinski definition) is 2. The fraction of sp³-hybridized carbons (Fsp3) is 0.385. The summed E-state index contributed by atoms with van der Waals surface area (Å²) in [7, 11) is 0. The molecule has 6 heteroatoms. The zero-order valence-electron chi connectivity index (χ0n) is 10.8. The van der Waals surface area contributed by atoms with E-state index in [1.54, 1.807) is 20.8 Å². The molecule has 0 radical (unpaired) electrons. The zero-order valence-corrected chi connectivity index (χ0v) is 12.4. The van der Waals surface area contributed by atoms with E-state index in [2.05, 4.69) is 21.2 Å². The Morgan fingerprint density at radius 3 is 2.37 bits per heavy atom. The summed E-state index contributed by atoms with van der Waals surface area (Å²) in [4.78, 5) is 23.1. The van der Waals surface area contributed by atoms with E-state index in [-0.39, 0.29) is 10.0 Å². The summed E-state index contributed by atoms with van der Waals surface area (Å²) in [5.74, 6) is -2.15. The molecule has 0 heterocycles. The van der Waals surface area contributed by atoms with Gasteiger partial charge in [-0.1, -0.05) is 20.8 Å². The number of carboxylic acids is 1. The van der Waals surface area contributed by atoms with Crippen molar-refractivity contribution in [2.45, 2.75) is 26.8 Å². The molecule has 2 N–H and O–H groups in total. The van der Waals surface area contributed by atoms with Gasteiger partial charge in [-0.15, -0.1) is 0 Å². The number of benzene rings is 1. The summed E-state index contributed by atoms with van der Waals surface area (Å²) in [6.45, 7) is 5.14. The molecular weight excluding hydrogens is 317 g/mol. The summed E-state index contributed by atoms with van der Waals surface area (Å²) in [5.41, 5.74) is -0.428. The summed E-state index contributed by atoms with van der Waals surface area (Å²) in [6, 6.07) is 2.73. The van der Waals surface area contributed by atoms with E-state index < -0.39 is 29.2 Å². The lowest BCUT2D eigenvalue weighted by Gasteiger charge is -2.27. The van der Waals surface area contributed by atoms with Gasteiger partial charge in [-0.2, -0.15) is 0 Å². The maximum Gasteiger partial charge on any atom is 0.326 e. The van der Waals surface area contributed by atoms with E-state index in [0.717, 1.165) is 6.07 Å². The van der Waals surface area contributed by atoms with Crippen LogP contribution in [-0.4, -0.2) is 23.0 Å². The van der Waals surface area contributed by atoms with Crippen molar-refractivity contribution in [3.8, 4) is 0 Å². The van der Waals surface area contributed by atoms with Crippen LogP contribution in [0, 0.1) is 11.2 Å². The Morgan fingerprint density at radius 2 is 1.95 bits per heavy atom. The van der Waals surface area contributed by atoms with Crippen molar-refractivity contribution in [2.75, 3.05) is 0 Å². The Balaban J connectivity index is 2.94. The second-order valence-electron chi connectivity index (χ2n) is 5.24. The fourth-order valence-electron chi connectivity index (χ4n) is 1.50. The van der Waals surface area contributed by atoms with Crippen LogP contribution in [0.3, 0.4) is 0 Å². The number of amides is 1. The largest absolute Gasteiger partial charge is 0.480 e. The number of carbonyl (C=O) groups excluding carboxylic acids is 1. The third kappa shape index (κ3) is 4.02. The molecule has 0 aromatic heterocycles. The van der Waals surface area contributed by atoms with Gasteiger partial charge in [0.05, 0.1) is 4.47 Å². The van der Waals surface area contributed by atoms with E-state index in [9.17, 15) is 14.0 Å². The van der Waals surface area contributed by atoms with E-state index >= 15 is 0 Å². The summed E-state index contributed by atoms with van der Waals surface area (Å²) in [5, 5.41) is 11.6. The van der Waals surface area contributed by atoms with Gasteiger partial charge in [0, 0.05) is 5.56 Å². The Hall–Kier alpha value is -1.43. The van der Waals surface area contributed by atoms with Crippen molar-refractivity contribution >= 4 is 27.8 Å². The predicted molar refractivity (Wildman–Crippen MR) is 72.4 cm³/mol. The highest BCUT2D eigenvalue weighted by Gasteiger charge is 2.32. The van der Waals surface area contributed by atoms with Crippen molar-refractivity contribution in [3.63, 3.8) is 0 Å². The standard InChI is InChI=1S/C13H15BrFNO3/c1-13(2,3)10(12(18)19)16-11(17)7-4-5-9(15)8(14)6-7/h4-6,10H,1-3H3,(H,16,17)(H,18,19). The lowest BCUT2D eigenvalue weighted by Crippen LogP contribution is -2.49. The first-order chi connectivity index (χ1) is 8.62. The summed E-state index contributed by atoms with van der Waals surface area (Å²) in [6.07, 6.45) is 0. The zero-order chi connectivity index (χ0) is 14.8. The number of halogens is 2. The first-order valence-electron chi connectivity index (χ1n) is 5.61. The molecule has 1 amide bonds. The van der Waals surface area contributed by atoms with Gasteiger partial charge in [-0.3, -0.25) is 4.79 Å². The SMILES string of the molecule is CC(C)(C)C(NC(=O)c1ccc(F)c(Br)c1)C(=O)O. The van der Waals surface area contributed by atoms with Gasteiger partial charge in [-0.25, -0.2) is 9.18 Å². The number of carbonyl (C=O) groups is 2. The summed E-state index contributed by atoms with van der Waals surface area (Å²) >= 11 is 2.98. The van der Waals surface area contributed by atoms with Crippen LogP contribution in [-0.2, 0) is 4.79 Å². The third-order valence-electron chi connectivity index (χ3n) is 2.57. The Morgan fingerprint density at radius 1 is 1.37 bits per heavy atom. The average molecular weight is 332 g/mol. The minimum atomic E-state index is -1.11. The molecule has 0 aliphatic carbocycles. The molecule has 1 atom stereocenters. The third-order valence-corrected chi connectivity index (χ3v) is 3.18. The van der Waals surface area contributed by atoms with Gasteiger partial charge in [0.25, 0.3) is 5.91 Å². The first kappa shape index (κ1) is 15.6. The molecule has 1 aromatic carbocycles. The van der Waals surface area contributed by atoms with Crippen LogP contribution < -0.4 is 5.32 Å². The monoisotopic (exact) mass is 331 g/mol. The molecule has 104 valence electrons. The quantitative estimate of drug-likeness (QED) is 0.894. The molecule has 0 spiro atoms. The maximum absolute atomic E-state index is 13.1. The van der Waals surface area contributed by atoms with Crippen LogP contribution in [0.1, 0.15) is 31.1 Å². The smallest absolute Gasteiger partial charge is 0.326 e. The van der Waals surface area contributed by atoms with Gasteiger partial charge in [0.15, 0.2) is 0 Å². The highest BCUT2D eigenvalue weighted by atomic mass is 79.9. The van der Waals surface area contributed by atoms with Gasteiger partial charge >= 0.3 is 5.97 Å². The average Bonchev–Trinajstić information content (AvgIpc) is 2.27. The predicted octanol–water partition coefficient (Wildman–Crippen LogP) is 2.82. The minimum Gasteiger partial charge on any atom is -0.480 e. The van der Waals surface area contributed by atoms with Crippen molar-refractivity contribution < 1.29 is 19.1 Å². The molecule has 0 saturated heterocycles. The molecule has 1 unspecified atom stereocenters. The topological polar surface area (TPSA) is 66.4 Å².